The van der Waals surface area contributed by atoms with Gasteiger partial charge in [-0.15, -0.1) is 0 Å². The van der Waals surface area contributed by atoms with Gasteiger partial charge < -0.3 is 18.6 Å². The minimum absolute atomic E-state index is 0.0161. The summed E-state index contributed by atoms with van der Waals surface area (Å²) in [5, 5.41) is 2.43. The van der Waals surface area contributed by atoms with Gasteiger partial charge >= 0.3 is 5.97 Å². The number of cyclic esters (lactones) is 1. The molecule has 6 heteroatoms. The maximum Gasteiger partial charge on any atom is 0.311 e. The molecule has 3 aliphatic rings. The number of benzene rings is 2. The number of hydrogen-bond acceptors (Lipinski definition) is 5. The average Bonchev–Trinajstić information content (AvgIpc) is 3.19. The molecule has 2 unspecified atom stereocenters. The highest BCUT2D eigenvalue weighted by Crippen LogP contribution is 2.59. The molecule has 1 saturated carbocycles. The van der Waals surface area contributed by atoms with E-state index in [4.69, 9.17) is 18.6 Å². The van der Waals surface area contributed by atoms with Crippen LogP contribution in [0, 0.1) is 28.6 Å². The van der Waals surface area contributed by atoms with Crippen molar-refractivity contribution >= 4 is 25.4 Å². The molecule has 0 aromatic heterocycles. The lowest BCUT2D eigenvalue weighted by molar-refractivity contribution is -0.203. The van der Waals surface area contributed by atoms with Crippen LogP contribution >= 0.6 is 0 Å². The maximum absolute atomic E-state index is 13.3. The highest BCUT2D eigenvalue weighted by molar-refractivity contribution is 6.80. The Morgan fingerprint density at radius 1 is 1.00 bits per heavy atom. The van der Waals surface area contributed by atoms with Crippen molar-refractivity contribution in [2.24, 2.45) is 28.6 Å². The van der Waals surface area contributed by atoms with Crippen molar-refractivity contribution in [3.05, 3.63) is 60.7 Å². The van der Waals surface area contributed by atoms with E-state index in [1.165, 1.54) is 10.4 Å². The summed E-state index contributed by atoms with van der Waals surface area (Å²) in [6, 6.07) is 20.9. The first-order chi connectivity index (χ1) is 17.8. The molecule has 0 amide bonds. The first-order valence-corrected chi connectivity index (χ1v) is 15.5. The molecule has 37 heavy (non-hydrogen) atoms. The first-order valence-electron chi connectivity index (χ1n) is 13.9. The summed E-state index contributed by atoms with van der Waals surface area (Å²) in [5.74, 6) is 0.0464. The SMILES string of the molecule is CC(C)(C)[C@@H]1[C@H]2COC(=O)C(CO[SiH](c3ccccc3)c3ccccc3)[C@]2(C)C[C@H]1OC1CCCCO1. The van der Waals surface area contributed by atoms with Crippen molar-refractivity contribution in [3.8, 4) is 0 Å². The second kappa shape index (κ2) is 11.0. The van der Waals surface area contributed by atoms with Crippen molar-refractivity contribution in [2.75, 3.05) is 19.8 Å². The first kappa shape index (κ1) is 26.6. The zero-order valence-electron chi connectivity index (χ0n) is 22.7. The summed E-state index contributed by atoms with van der Waals surface area (Å²) in [7, 11) is -1.97. The molecule has 0 N–H and O–H groups in total. The number of ether oxygens (including phenoxy) is 3. The van der Waals surface area contributed by atoms with Gasteiger partial charge in [0.1, 0.15) is 0 Å². The third-order valence-electron chi connectivity index (χ3n) is 8.91. The molecule has 200 valence electrons. The van der Waals surface area contributed by atoms with Gasteiger partial charge in [0, 0.05) is 19.1 Å². The van der Waals surface area contributed by atoms with E-state index >= 15 is 0 Å². The number of hydrogen-bond donors (Lipinski definition) is 0. The Bertz CT molecular complexity index is 993. The molecule has 5 nitrogen and oxygen atoms in total. The smallest absolute Gasteiger partial charge is 0.311 e. The Morgan fingerprint density at radius 3 is 2.22 bits per heavy atom. The summed E-state index contributed by atoms with van der Waals surface area (Å²) in [6.07, 6.45) is 3.90. The van der Waals surface area contributed by atoms with E-state index in [-0.39, 0.29) is 46.9 Å². The molecule has 0 radical (unpaired) electrons. The van der Waals surface area contributed by atoms with E-state index in [1.807, 2.05) is 12.1 Å². The van der Waals surface area contributed by atoms with Crippen molar-refractivity contribution in [2.45, 2.75) is 65.8 Å². The Kier molecular flexibility index (Phi) is 7.92. The predicted molar refractivity (Wildman–Crippen MR) is 147 cm³/mol. The number of carbonyl (C=O) groups is 1. The van der Waals surface area contributed by atoms with Gasteiger partial charge in [0.05, 0.1) is 18.6 Å². The standard InChI is InChI=1S/C31H42O5Si/c1-30(2,3)28-24-20-34-29(32)25(31(24,4)19-26(28)36-27-17-11-12-18-33-27)21-35-37(22-13-7-5-8-14-22)23-15-9-6-10-16-23/h5-10,13-16,24-28,37H,11-12,17-21H2,1-4H3/t24-,25?,26-,27?,28-,31-/m1/s1. The average molecular weight is 523 g/mol. The lowest BCUT2D eigenvalue weighted by atomic mass is 9.63. The molecule has 2 saturated heterocycles. The number of fused-ring (bicyclic) bond motifs is 1. The van der Waals surface area contributed by atoms with Crippen molar-refractivity contribution in [3.63, 3.8) is 0 Å². The van der Waals surface area contributed by atoms with Gasteiger partial charge in [0.25, 0.3) is 0 Å². The zero-order chi connectivity index (χ0) is 26.0. The van der Waals surface area contributed by atoms with Crippen LogP contribution in [0.1, 0.15) is 53.4 Å². The fourth-order valence-electron chi connectivity index (χ4n) is 7.02. The van der Waals surface area contributed by atoms with E-state index in [1.54, 1.807) is 0 Å². The lowest BCUT2D eigenvalue weighted by Gasteiger charge is -2.45. The highest BCUT2D eigenvalue weighted by atomic mass is 28.3. The molecule has 2 heterocycles. The Labute approximate surface area is 223 Å². The number of carbonyl (C=O) groups excluding carboxylic acids is 1. The van der Waals surface area contributed by atoms with Gasteiger partial charge in [-0.1, -0.05) is 88.4 Å². The fourth-order valence-corrected chi connectivity index (χ4v) is 9.31. The third kappa shape index (κ3) is 5.58. The minimum Gasteiger partial charge on any atom is -0.465 e. The maximum atomic E-state index is 13.3. The summed E-state index contributed by atoms with van der Waals surface area (Å²) in [4.78, 5) is 13.3. The van der Waals surface area contributed by atoms with Crippen LogP contribution in [-0.4, -0.2) is 47.2 Å². The van der Waals surface area contributed by atoms with Crippen molar-refractivity contribution < 1.29 is 23.4 Å². The molecule has 2 aliphatic heterocycles. The van der Waals surface area contributed by atoms with Crippen LogP contribution in [-0.2, 0) is 23.4 Å². The Hall–Kier alpha value is -1.99. The van der Waals surface area contributed by atoms with Crippen molar-refractivity contribution in [1.29, 1.82) is 0 Å². The van der Waals surface area contributed by atoms with Crippen LogP contribution in [0.3, 0.4) is 0 Å². The molecule has 6 atom stereocenters. The third-order valence-corrected chi connectivity index (χ3v) is 11.4. The van der Waals surface area contributed by atoms with Gasteiger partial charge in [0.2, 0.25) is 9.04 Å². The van der Waals surface area contributed by atoms with E-state index < -0.39 is 9.04 Å². The summed E-state index contributed by atoms with van der Waals surface area (Å²) >= 11 is 0. The largest absolute Gasteiger partial charge is 0.465 e. The van der Waals surface area contributed by atoms with Crippen LogP contribution in [0.15, 0.2) is 60.7 Å². The molecular weight excluding hydrogens is 480 g/mol. The van der Waals surface area contributed by atoms with E-state index in [0.717, 1.165) is 32.3 Å². The number of rotatable bonds is 7. The molecular formula is C31H42O5Si. The van der Waals surface area contributed by atoms with Gasteiger partial charge in [-0.3, -0.25) is 4.79 Å². The Balaban J connectivity index is 1.40. The second-order valence-corrected chi connectivity index (χ2v) is 14.8. The molecule has 3 fully saturated rings. The quantitative estimate of drug-likeness (QED) is 0.401. The fraction of sp³-hybridized carbons (Fsp3) is 0.581. The second-order valence-electron chi connectivity index (χ2n) is 12.4. The zero-order valence-corrected chi connectivity index (χ0v) is 23.9. The predicted octanol–water partition coefficient (Wildman–Crippen LogP) is 4.31. The topological polar surface area (TPSA) is 54.0 Å². The summed E-state index contributed by atoms with van der Waals surface area (Å²) in [6.45, 7) is 10.7. The summed E-state index contributed by atoms with van der Waals surface area (Å²) < 4.78 is 25.3. The van der Waals surface area contributed by atoms with Crippen LogP contribution in [0.5, 0.6) is 0 Å². The Morgan fingerprint density at radius 2 is 1.65 bits per heavy atom. The molecule has 5 rings (SSSR count). The monoisotopic (exact) mass is 522 g/mol. The van der Waals surface area contributed by atoms with Gasteiger partial charge in [-0.05, 0) is 52.8 Å². The van der Waals surface area contributed by atoms with Crippen LogP contribution in [0.25, 0.3) is 0 Å². The van der Waals surface area contributed by atoms with E-state index in [0.29, 0.717) is 13.2 Å². The van der Waals surface area contributed by atoms with Crippen LogP contribution < -0.4 is 10.4 Å². The van der Waals surface area contributed by atoms with Gasteiger partial charge in [-0.2, -0.15) is 0 Å². The molecule has 0 spiro atoms. The molecule has 0 bridgehead atoms. The number of esters is 1. The lowest BCUT2D eigenvalue weighted by Crippen LogP contribution is -2.52. The van der Waals surface area contributed by atoms with Crippen LogP contribution in [0.4, 0.5) is 0 Å². The van der Waals surface area contributed by atoms with Gasteiger partial charge in [0.15, 0.2) is 6.29 Å². The van der Waals surface area contributed by atoms with Crippen LogP contribution in [0.2, 0.25) is 0 Å². The highest BCUT2D eigenvalue weighted by Gasteiger charge is 2.62. The minimum atomic E-state index is -1.97. The van der Waals surface area contributed by atoms with E-state index in [9.17, 15) is 4.79 Å². The van der Waals surface area contributed by atoms with E-state index in [2.05, 4.69) is 76.2 Å². The van der Waals surface area contributed by atoms with Crippen molar-refractivity contribution in [1.82, 2.24) is 0 Å². The summed E-state index contributed by atoms with van der Waals surface area (Å²) in [5.41, 5.74) is -0.235. The van der Waals surface area contributed by atoms with Gasteiger partial charge in [-0.25, -0.2) is 0 Å². The molecule has 2 aromatic carbocycles. The molecule has 1 aliphatic carbocycles. The molecule has 2 aromatic rings. The normalized spacial score (nSPS) is 32.2.